The Balaban J connectivity index is 1.60. The van der Waals surface area contributed by atoms with Crippen LogP contribution in [0.4, 0.5) is 11.4 Å². The molecule has 2 N–H and O–H groups in total. The zero-order valence-corrected chi connectivity index (χ0v) is 13.7. The first-order valence-electron chi connectivity index (χ1n) is 8.58. The molecule has 2 atom stereocenters. The Hall–Kier alpha value is -2.74. The monoisotopic (exact) mass is 314 g/mol. The molecule has 0 spiro atoms. The van der Waals surface area contributed by atoms with Gasteiger partial charge in [-0.2, -0.15) is 0 Å². The Morgan fingerprint density at radius 1 is 0.500 bits per heavy atom. The molecule has 0 aromatic heterocycles. The van der Waals surface area contributed by atoms with Gasteiger partial charge in [0.2, 0.25) is 0 Å². The van der Waals surface area contributed by atoms with E-state index in [2.05, 4.69) is 95.6 Å². The number of fused-ring (bicyclic) bond motifs is 1. The van der Waals surface area contributed by atoms with Crippen LogP contribution < -0.4 is 10.6 Å². The molecule has 0 saturated heterocycles. The van der Waals surface area contributed by atoms with E-state index < -0.39 is 0 Å². The molecule has 0 saturated carbocycles. The third kappa shape index (κ3) is 3.28. The van der Waals surface area contributed by atoms with E-state index in [4.69, 9.17) is 0 Å². The van der Waals surface area contributed by atoms with Crippen LogP contribution in [0.1, 0.15) is 11.1 Å². The minimum Gasteiger partial charge on any atom is -0.380 e. The van der Waals surface area contributed by atoms with Gasteiger partial charge >= 0.3 is 0 Å². The summed E-state index contributed by atoms with van der Waals surface area (Å²) in [6.07, 6.45) is 2.07. The summed E-state index contributed by atoms with van der Waals surface area (Å²) in [5.74, 6) is 0. The van der Waals surface area contributed by atoms with Crippen molar-refractivity contribution in [2.45, 2.75) is 24.9 Å². The van der Waals surface area contributed by atoms with Crippen LogP contribution in [-0.2, 0) is 12.8 Å². The number of hydrogen-bond donors (Lipinski definition) is 2. The Bertz CT molecular complexity index is 715. The summed E-state index contributed by atoms with van der Waals surface area (Å²) < 4.78 is 0. The molecule has 24 heavy (non-hydrogen) atoms. The fourth-order valence-electron chi connectivity index (χ4n) is 3.51. The van der Waals surface area contributed by atoms with Gasteiger partial charge in [-0.25, -0.2) is 0 Å². The minimum absolute atomic E-state index is 0.363. The topological polar surface area (TPSA) is 24.1 Å². The second-order valence-corrected chi connectivity index (χ2v) is 6.41. The van der Waals surface area contributed by atoms with Crippen LogP contribution in [0.25, 0.3) is 0 Å². The highest BCUT2D eigenvalue weighted by molar-refractivity contribution is 5.50. The highest BCUT2D eigenvalue weighted by Gasteiger charge is 2.28. The normalized spacial score (nSPS) is 19.3. The molecule has 0 unspecified atom stereocenters. The van der Waals surface area contributed by atoms with E-state index in [1.165, 1.54) is 22.5 Å². The predicted octanol–water partition coefficient (Wildman–Crippen LogP) is 4.75. The van der Waals surface area contributed by atoms with Crippen LogP contribution in [0.15, 0.2) is 84.9 Å². The molecule has 0 bridgehead atoms. The molecular formula is C22H22N2. The van der Waals surface area contributed by atoms with Gasteiger partial charge < -0.3 is 10.6 Å². The van der Waals surface area contributed by atoms with Crippen molar-refractivity contribution in [1.82, 2.24) is 0 Å². The zero-order valence-electron chi connectivity index (χ0n) is 13.7. The summed E-state index contributed by atoms with van der Waals surface area (Å²) in [5, 5.41) is 7.46. The van der Waals surface area contributed by atoms with Crippen LogP contribution >= 0.6 is 0 Å². The molecule has 0 amide bonds. The van der Waals surface area contributed by atoms with Crippen molar-refractivity contribution in [3.63, 3.8) is 0 Å². The van der Waals surface area contributed by atoms with Gasteiger partial charge in [-0.1, -0.05) is 60.7 Å². The summed E-state index contributed by atoms with van der Waals surface area (Å²) in [4.78, 5) is 0. The van der Waals surface area contributed by atoms with E-state index in [0.29, 0.717) is 12.1 Å². The van der Waals surface area contributed by atoms with Gasteiger partial charge in [0.05, 0.1) is 12.1 Å². The SMILES string of the molecule is c1ccc(N[C@@H]2Cc3ccccc3C[C@H]2Nc2ccccc2)cc1. The highest BCUT2D eigenvalue weighted by atomic mass is 15.0. The molecule has 3 aromatic carbocycles. The van der Waals surface area contributed by atoms with Crippen molar-refractivity contribution >= 4 is 11.4 Å². The van der Waals surface area contributed by atoms with Crippen molar-refractivity contribution in [3.05, 3.63) is 96.1 Å². The van der Waals surface area contributed by atoms with Crippen molar-refractivity contribution < 1.29 is 0 Å². The molecular weight excluding hydrogens is 292 g/mol. The van der Waals surface area contributed by atoms with E-state index in [1.54, 1.807) is 0 Å². The molecule has 2 nitrogen and oxygen atoms in total. The summed E-state index contributed by atoms with van der Waals surface area (Å²) in [6, 6.07) is 30.5. The van der Waals surface area contributed by atoms with E-state index in [0.717, 1.165) is 12.8 Å². The molecule has 2 heteroatoms. The quantitative estimate of drug-likeness (QED) is 0.726. The Morgan fingerprint density at radius 3 is 1.29 bits per heavy atom. The highest BCUT2D eigenvalue weighted by Crippen LogP contribution is 2.26. The lowest BCUT2D eigenvalue weighted by Gasteiger charge is -2.35. The van der Waals surface area contributed by atoms with Gasteiger partial charge in [0.1, 0.15) is 0 Å². The molecule has 1 aliphatic carbocycles. The van der Waals surface area contributed by atoms with E-state index in [1.807, 2.05) is 0 Å². The maximum Gasteiger partial charge on any atom is 0.0506 e. The Labute approximate surface area is 143 Å². The van der Waals surface area contributed by atoms with Crippen LogP contribution in [0.2, 0.25) is 0 Å². The van der Waals surface area contributed by atoms with Crippen LogP contribution in [-0.4, -0.2) is 12.1 Å². The lowest BCUT2D eigenvalue weighted by molar-refractivity contribution is 0.549. The molecule has 120 valence electrons. The number of rotatable bonds is 4. The molecule has 0 heterocycles. The van der Waals surface area contributed by atoms with Crippen LogP contribution in [0.5, 0.6) is 0 Å². The van der Waals surface area contributed by atoms with Gasteiger partial charge in [0.25, 0.3) is 0 Å². The summed E-state index contributed by atoms with van der Waals surface area (Å²) in [6.45, 7) is 0. The molecule has 1 aliphatic rings. The van der Waals surface area contributed by atoms with Crippen LogP contribution in [0, 0.1) is 0 Å². The van der Waals surface area contributed by atoms with E-state index >= 15 is 0 Å². The summed E-state index contributed by atoms with van der Waals surface area (Å²) >= 11 is 0. The number of para-hydroxylation sites is 2. The van der Waals surface area contributed by atoms with Crippen molar-refractivity contribution in [2.75, 3.05) is 10.6 Å². The smallest absolute Gasteiger partial charge is 0.0506 e. The first kappa shape index (κ1) is 14.8. The Morgan fingerprint density at radius 2 is 0.875 bits per heavy atom. The lowest BCUT2D eigenvalue weighted by atomic mass is 9.84. The third-order valence-electron chi connectivity index (χ3n) is 4.74. The fraction of sp³-hybridized carbons (Fsp3) is 0.182. The molecule has 3 aromatic rings. The second kappa shape index (κ2) is 6.79. The van der Waals surface area contributed by atoms with E-state index in [-0.39, 0.29) is 0 Å². The summed E-state index contributed by atoms with van der Waals surface area (Å²) in [5.41, 5.74) is 5.28. The van der Waals surface area contributed by atoms with Crippen LogP contribution in [0.3, 0.4) is 0 Å². The first-order valence-corrected chi connectivity index (χ1v) is 8.58. The van der Waals surface area contributed by atoms with Gasteiger partial charge in [-0.3, -0.25) is 0 Å². The average molecular weight is 314 g/mol. The van der Waals surface area contributed by atoms with Crippen molar-refractivity contribution in [3.8, 4) is 0 Å². The van der Waals surface area contributed by atoms with Gasteiger partial charge in [-0.05, 0) is 48.2 Å². The predicted molar refractivity (Wildman–Crippen MR) is 102 cm³/mol. The minimum atomic E-state index is 0.363. The lowest BCUT2D eigenvalue weighted by Crippen LogP contribution is -2.45. The number of benzene rings is 3. The molecule has 0 radical (unpaired) electrons. The van der Waals surface area contributed by atoms with Gasteiger partial charge in [0, 0.05) is 11.4 Å². The number of hydrogen-bond acceptors (Lipinski definition) is 2. The maximum absolute atomic E-state index is 3.73. The largest absolute Gasteiger partial charge is 0.380 e. The number of nitrogens with one attached hydrogen (secondary N) is 2. The molecule has 0 fully saturated rings. The molecule has 4 rings (SSSR count). The zero-order chi connectivity index (χ0) is 16.2. The van der Waals surface area contributed by atoms with E-state index in [9.17, 15) is 0 Å². The fourth-order valence-corrected chi connectivity index (χ4v) is 3.51. The maximum atomic E-state index is 3.73. The average Bonchev–Trinajstić information content (AvgIpc) is 2.64. The Kier molecular flexibility index (Phi) is 4.20. The standard InChI is InChI=1S/C22H22N2/c1-3-11-19(12-4-1)23-21-15-17-9-7-8-10-18(17)16-22(21)24-20-13-5-2-6-14-20/h1-14,21-24H,15-16H2/t21-,22-/m1/s1. The van der Waals surface area contributed by atoms with Gasteiger partial charge in [-0.15, -0.1) is 0 Å². The number of anilines is 2. The van der Waals surface area contributed by atoms with Gasteiger partial charge in [0.15, 0.2) is 0 Å². The second-order valence-electron chi connectivity index (χ2n) is 6.41. The first-order chi connectivity index (χ1) is 11.9. The van der Waals surface area contributed by atoms with Crippen molar-refractivity contribution in [2.24, 2.45) is 0 Å². The summed E-state index contributed by atoms with van der Waals surface area (Å²) in [7, 11) is 0. The van der Waals surface area contributed by atoms with Crippen molar-refractivity contribution in [1.29, 1.82) is 0 Å². The third-order valence-corrected chi connectivity index (χ3v) is 4.74. The molecule has 0 aliphatic heterocycles.